The smallest absolute Gasteiger partial charge is 0.282 e. The Morgan fingerprint density at radius 2 is 2.05 bits per heavy atom. The van der Waals surface area contributed by atoms with E-state index in [0.717, 1.165) is 9.87 Å². The average molecular weight is 329 g/mol. The van der Waals surface area contributed by atoms with Crippen LogP contribution in [0.1, 0.15) is 5.56 Å². The highest BCUT2D eigenvalue weighted by atomic mass is 32.2. The van der Waals surface area contributed by atoms with E-state index in [-0.39, 0.29) is 5.91 Å². The van der Waals surface area contributed by atoms with E-state index in [2.05, 4.69) is 5.32 Å². The van der Waals surface area contributed by atoms with E-state index in [1.54, 1.807) is 6.07 Å². The lowest BCUT2D eigenvalue weighted by molar-refractivity contribution is -0.118. The molecule has 1 amide bonds. The van der Waals surface area contributed by atoms with Crippen molar-refractivity contribution in [1.82, 2.24) is 8.61 Å². The number of rotatable bonds is 4. The summed E-state index contributed by atoms with van der Waals surface area (Å²) in [6.07, 6.45) is 0. The van der Waals surface area contributed by atoms with Crippen molar-refractivity contribution in [2.45, 2.75) is 13.0 Å². The van der Waals surface area contributed by atoms with E-state index in [0.29, 0.717) is 17.3 Å². The Morgan fingerprint density at radius 3 is 2.67 bits per heavy atom. The van der Waals surface area contributed by atoms with Gasteiger partial charge in [0.05, 0.1) is 5.88 Å². The second kappa shape index (κ2) is 6.35. The number of hydrogen-bond donors (Lipinski definition) is 1. The summed E-state index contributed by atoms with van der Waals surface area (Å²) < 4.78 is 26.8. The molecular weight excluding hydrogens is 310 g/mol. The molecule has 0 aromatic heterocycles. The third kappa shape index (κ3) is 3.39. The summed E-state index contributed by atoms with van der Waals surface area (Å²) in [6, 6.07) is 6.74. The molecule has 8 heteroatoms. The largest absolute Gasteiger partial charge is 0.324 e. The van der Waals surface area contributed by atoms with Gasteiger partial charge in [0, 0.05) is 25.5 Å². The van der Waals surface area contributed by atoms with Crippen LogP contribution in [0.3, 0.4) is 0 Å². The molecule has 1 saturated heterocycles. The van der Waals surface area contributed by atoms with Gasteiger partial charge in [0.1, 0.15) is 6.04 Å². The van der Waals surface area contributed by atoms with Crippen molar-refractivity contribution in [2.75, 3.05) is 31.0 Å². The quantitative estimate of drug-likeness (QED) is 0.898. The zero-order chi connectivity index (χ0) is 15.6. The van der Waals surface area contributed by atoms with Crippen LogP contribution < -0.4 is 5.32 Å². The van der Waals surface area contributed by atoms with E-state index in [1.165, 1.54) is 30.2 Å². The third-order valence-corrected chi connectivity index (χ3v) is 6.38. The van der Waals surface area contributed by atoms with E-state index in [9.17, 15) is 13.2 Å². The maximum atomic E-state index is 12.4. The minimum absolute atomic E-state index is 0.292. The average Bonchev–Trinajstić information content (AvgIpc) is 2.91. The Kier molecular flexibility index (Phi) is 4.92. The van der Waals surface area contributed by atoms with Crippen LogP contribution in [0.25, 0.3) is 0 Å². The van der Waals surface area contributed by atoms with Gasteiger partial charge in [-0.25, -0.2) is 0 Å². The molecule has 0 bridgehead atoms. The second-order valence-electron chi connectivity index (χ2n) is 5.00. The molecule has 1 aromatic rings. The van der Waals surface area contributed by atoms with Crippen molar-refractivity contribution in [3.05, 3.63) is 29.8 Å². The van der Waals surface area contributed by atoms with Gasteiger partial charge < -0.3 is 5.32 Å². The van der Waals surface area contributed by atoms with Crippen molar-refractivity contribution in [3.63, 3.8) is 0 Å². The van der Waals surface area contributed by atoms with Gasteiger partial charge in [-0.15, -0.1) is 11.8 Å². The number of carbonyl (C=O) groups is 1. The van der Waals surface area contributed by atoms with Crippen LogP contribution in [-0.4, -0.2) is 54.7 Å². The molecule has 2 rings (SSSR count). The molecule has 1 fully saturated rings. The molecule has 0 spiro atoms. The molecule has 21 heavy (non-hydrogen) atoms. The van der Waals surface area contributed by atoms with Crippen LogP contribution in [0, 0.1) is 6.92 Å². The first kappa shape index (κ1) is 16.3. The van der Waals surface area contributed by atoms with Crippen molar-refractivity contribution in [3.8, 4) is 0 Å². The molecular formula is C13H19N3O3S2. The number of anilines is 1. The van der Waals surface area contributed by atoms with Crippen LogP contribution in [-0.2, 0) is 15.0 Å². The first-order valence-electron chi connectivity index (χ1n) is 6.47. The summed E-state index contributed by atoms with van der Waals surface area (Å²) in [5.74, 6) is 0.469. The molecule has 116 valence electrons. The Hall–Kier alpha value is -1.09. The van der Waals surface area contributed by atoms with Gasteiger partial charge in [-0.2, -0.15) is 17.0 Å². The number of nitrogens with one attached hydrogen (secondary N) is 1. The van der Waals surface area contributed by atoms with Crippen LogP contribution >= 0.6 is 11.8 Å². The topological polar surface area (TPSA) is 69.7 Å². The van der Waals surface area contributed by atoms with Crippen molar-refractivity contribution in [2.24, 2.45) is 0 Å². The molecule has 0 aliphatic carbocycles. The molecule has 0 saturated carbocycles. The first-order valence-corrected chi connectivity index (χ1v) is 9.02. The van der Waals surface area contributed by atoms with Gasteiger partial charge in [0.25, 0.3) is 10.2 Å². The van der Waals surface area contributed by atoms with Crippen molar-refractivity contribution < 1.29 is 13.2 Å². The zero-order valence-corrected chi connectivity index (χ0v) is 13.9. The Balaban J connectivity index is 2.17. The molecule has 6 nitrogen and oxygen atoms in total. The molecule has 1 unspecified atom stereocenters. The molecule has 0 radical (unpaired) electrons. The van der Waals surface area contributed by atoms with Crippen LogP contribution in [0.2, 0.25) is 0 Å². The van der Waals surface area contributed by atoms with E-state index < -0.39 is 16.3 Å². The molecule has 1 aliphatic rings. The first-order chi connectivity index (χ1) is 9.84. The summed E-state index contributed by atoms with van der Waals surface area (Å²) in [6.45, 7) is 1.90. The van der Waals surface area contributed by atoms with Gasteiger partial charge in [0.15, 0.2) is 0 Å². The Morgan fingerprint density at radius 1 is 1.38 bits per heavy atom. The highest BCUT2D eigenvalue weighted by Crippen LogP contribution is 2.26. The number of nitrogens with zero attached hydrogens (tertiary/aromatic N) is 2. The molecule has 1 N–H and O–H groups in total. The van der Waals surface area contributed by atoms with Gasteiger partial charge in [-0.1, -0.05) is 18.2 Å². The summed E-state index contributed by atoms with van der Waals surface area (Å²) in [4.78, 5) is 12.4. The zero-order valence-electron chi connectivity index (χ0n) is 12.2. The number of para-hydroxylation sites is 1. The van der Waals surface area contributed by atoms with Crippen molar-refractivity contribution >= 4 is 33.6 Å². The SMILES string of the molecule is Cc1ccccc1NC(=O)C1CSCN1S(=O)(=O)N(C)C. The fraction of sp³-hybridized carbons (Fsp3) is 0.462. The highest BCUT2D eigenvalue weighted by Gasteiger charge is 2.40. The van der Waals surface area contributed by atoms with Crippen LogP contribution in [0.15, 0.2) is 24.3 Å². The summed E-state index contributed by atoms with van der Waals surface area (Å²) in [7, 11) is -0.654. The van der Waals surface area contributed by atoms with E-state index in [1.807, 2.05) is 25.1 Å². The van der Waals surface area contributed by atoms with E-state index >= 15 is 0 Å². The predicted molar refractivity (Wildman–Crippen MR) is 85.4 cm³/mol. The van der Waals surface area contributed by atoms with Crippen LogP contribution in [0.4, 0.5) is 5.69 Å². The minimum Gasteiger partial charge on any atom is -0.324 e. The van der Waals surface area contributed by atoms with Gasteiger partial charge in [-0.05, 0) is 18.6 Å². The van der Waals surface area contributed by atoms with Crippen LogP contribution in [0.5, 0.6) is 0 Å². The number of amides is 1. The lowest BCUT2D eigenvalue weighted by Gasteiger charge is -2.25. The number of hydrogen-bond acceptors (Lipinski definition) is 4. The standard InChI is InChI=1S/C13H19N3O3S2/c1-10-6-4-5-7-11(10)14-13(17)12-8-20-9-16(12)21(18,19)15(2)3/h4-7,12H,8-9H2,1-3H3,(H,14,17). The maximum Gasteiger partial charge on any atom is 0.282 e. The van der Waals surface area contributed by atoms with Gasteiger partial charge in [-0.3, -0.25) is 4.79 Å². The fourth-order valence-electron chi connectivity index (χ4n) is 2.00. The molecule has 1 heterocycles. The van der Waals surface area contributed by atoms with E-state index in [4.69, 9.17) is 0 Å². The predicted octanol–water partition coefficient (Wildman–Crippen LogP) is 1.11. The Labute approximate surface area is 129 Å². The molecule has 1 aliphatic heterocycles. The van der Waals surface area contributed by atoms with Gasteiger partial charge >= 0.3 is 0 Å². The van der Waals surface area contributed by atoms with Crippen molar-refractivity contribution in [1.29, 1.82) is 0 Å². The normalized spacial score (nSPS) is 19.9. The summed E-state index contributed by atoms with van der Waals surface area (Å²) >= 11 is 1.44. The molecule has 1 aromatic carbocycles. The Bertz CT molecular complexity index is 631. The lowest BCUT2D eigenvalue weighted by atomic mass is 10.2. The summed E-state index contributed by atoms with van der Waals surface area (Å²) in [5, 5.41) is 2.82. The lowest BCUT2D eigenvalue weighted by Crippen LogP contribution is -2.48. The second-order valence-corrected chi connectivity index (χ2v) is 8.09. The highest BCUT2D eigenvalue weighted by molar-refractivity contribution is 8.00. The number of benzene rings is 1. The molecule has 1 atom stereocenters. The minimum atomic E-state index is -3.59. The fourth-order valence-corrected chi connectivity index (χ4v) is 4.78. The monoisotopic (exact) mass is 329 g/mol. The summed E-state index contributed by atoms with van der Waals surface area (Å²) in [5.41, 5.74) is 1.65. The number of aryl methyl sites for hydroxylation is 1. The third-order valence-electron chi connectivity index (χ3n) is 3.31. The maximum absolute atomic E-state index is 12.4. The number of carbonyl (C=O) groups excluding carboxylic acids is 1. The number of thioether (sulfide) groups is 1. The van der Waals surface area contributed by atoms with Gasteiger partial charge in [0.2, 0.25) is 5.91 Å².